The average molecular weight is 330 g/mol. The molecule has 0 unspecified atom stereocenters. The molecule has 0 spiro atoms. The predicted molar refractivity (Wildman–Crippen MR) is 89.5 cm³/mol. The smallest absolute Gasteiger partial charge is 0.237 e. The first-order chi connectivity index (χ1) is 11.7. The van der Waals surface area contributed by atoms with Gasteiger partial charge in [0, 0.05) is 25.8 Å². The lowest BCUT2D eigenvalue weighted by Crippen LogP contribution is -2.57. The van der Waals surface area contributed by atoms with Gasteiger partial charge >= 0.3 is 0 Å². The molecule has 0 aromatic carbocycles. The lowest BCUT2D eigenvalue weighted by Gasteiger charge is -2.44. The van der Waals surface area contributed by atoms with Crippen molar-refractivity contribution in [2.75, 3.05) is 26.2 Å². The Labute approximate surface area is 143 Å². The van der Waals surface area contributed by atoms with Crippen LogP contribution in [0.4, 0.5) is 0 Å². The van der Waals surface area contributed by atoms with Gasteiger partial charge in [-0.1, -0.05) is 12.8 Å². The Morgan fingerprint density at radius 1 is 1.33 bits per heavy atom. The minimum Gasteiger partial charge on any atom is -0.374 e. The fourth-order valence-electron chi connectivity index (χ4n) is 4.28. The highest BCUT2D eigenvalue weighted by molar-refractivity contribution is 5.78. The van der Waals surface area contributed by atoms with Crippen molar-refractivity contribution in [3.63, 3.8) is 0 Å². The van der Waals surface area contributed by atoms with Crippen LogP contribution in [0.3, 0.4) is 0 Å². The normalized spacial score (nSPS) is 27.5. The summed E-state index contributed by atoms with van der Waals surface area (Å²) < 4.78 is 5.89. The first-order valence-corrected chi connectivity index (χ1v) is 9.15. The van der Waals surface area contributed by atoms with Crippen molar-refractivity contribution in [1.29, 1.82) is 0 Å². The third-order valence-corrected chi connectivity index (χ3v) is 5.56. The highest BCUT2D eigenvalue weighted by Gasteiger charge is 2.37. The van der Waals surface area contributed by atoms with Gasteiger partial charge < -0.3 is 9.64 Å². The lowest BCUT2D eigenvalue weighted by atomic mass is 9.90. The van der Waals surface area contributed by atoms with Gasteiger partial charge in [-0.3, -0.25) is 9.69 Å². The van der Waals surface area contributed by atoms with Gasteiger partial charge in [0.1, 0.15) is 5.82 Å². The van der Waals surface area contributed by atoms with Crippen LogP contribution in [0.2, 0.25) is 0 Å². The zero-order chi connectivity index (χ0) is 16.5. The standard InChI is InChI=1S/C18H26N4O2/c1-13-19-10-14-6-7-21(11-15(14)20-13)12-18(23)22-8-9-24-17-5-3-2-4-16(17)22/h10,16-17H,2-9,11-12H2,1H3/t16-,17-/m1/s1. The molecular formula is C18H26N4O2. The van der Waals surface area contributed by atoms with Crippen LogP contribution in [-0.2, 0) is 22.5 Å². The first-order valence-electron chi connectivity index (χ1n) is 9.15. The van der Waals surface area contributed by atoms with Gasteiger partial charge in [0.2, 0.25) is 5.91 Å². The zero-order valence-corrected chi connectivity index (χ0v) is 14.4. The monoisotopic (exact) mass is 330 g/mol. The Balaban J connectivity index is 1.41. The Kier molecular flexibility index (Phi) is 4.50. The second-order valence-electron chi connectivity index (χ2n) is 7.20. The van der Waals surface area contributed by atoms with Gasteiger partial charge in [-0.25, -0.2) is 9.97 Å². The Morgan fingerprint density at radius 3 is 3.12 bits per heavy atom. The third kappa shape index (κ3) is 3.17. The summed E-state index contributed by atoms with van der Waals surface area (Å²) in [6.45, 7) is 5.49. The van der Waals surface area contributed by atoms with E-state index in [0.717, 1.165) is 50.4 Å². The number of aryl methyl sites for hydroxylation is 1. The second kappa shape index (κ2) is 6.76. The molecule has 1 saturated heterocycles. The minimum atomic E-state index is 0.254. The van der Waals surface area contributed by atoms with Crippen molar-refractivity contribution in [2.45, 2.75) is 57.7 Å². The van der Waals surface area contributed by atoms with Crippen LogP contribution in [0.25, 0.3) is 0 Å². The summed E-state index contributed by atoms with van der Waals surface area (Å²) in [5.74, 6) is 1.06. The van der Waals surface area contributed by atoms with Gasteiger partial charge in [0.05, 0.1) is 31.0 Å². The highest BCUT2D eigenvalue weighted by Crippen LogP contribution is 2.28. The Bertz CT molecular complexity index is 619. The average Bonchev–Trinajstić information content (AvgIpc) is 2.61. The molecule has 4 rings (SSSR count). The number of carbonyl (C=O) groups excluding carboxylic acids is 1. The van der Waals surface area contributed by atoms with E-state index in [9.17, 15) is 4.79 Å². The number of aromatic nitrogens is 2. The van der Waals surface area contributed by atoms with Crippen molar-refractivity contribution >= 4 is 5.91 Å². The molecule has 0 bridgehead atoms. The number of fused-ring (bicyclic) bond motifs is 2. The molecular weight excluding hydrogens is 304 g/mol. The van der Waals surface area contributed by atoms with Gasteiger partial charge in [0.15, 0.2) is 0 Å². The van der Waals surface area contributed by atoms with E-state index in [1.807, 2.05) is 13.1 Å². The summed E-state index contributed by atoms with van der Waals surface area (Å²) in [7, 11) is 0. The first kappa shape index (κ1) is 16.0. The Hall–Kier alpha value is -1.53. The number of rotatable bonds is 2. The quantitative estimate of drug-likeness (QED) is 0.818. The summed E-state index contributed by atoms with van der Waals surface area (Å²) >= 11 is 0. The van der Waals surface area contributed by atoms with Crippen LogP contribution >= 0.6 is 0 Å². The van der Waals surface area contributed by atoms with E-state index >= 15 is 0 Å². The summed E-state index contributed by atoms with van der Waals surface area (Å²) in [4.78, 5) is 26.0. The molecule has 2 fully saturated rings. The maximum absolute atomic E-state index is 12.9. The minimum absolute atomic E-state index is 0.254. The van der Waals surface area contributed by atoms with E-state index in [2.05, 4.69) is 19.8 Å². The number of morpholine rings is 1. The summed E-state index contributed by atoms with van der Waals surface area (Å²) in [5.41, 5.74) is 2.31. The predicted octanol–water partition coefficient (Wildman–Crippen LogP) is 1.31. The van der Waals surface area contributed by atoms with Crippen LogP contribution in [0.15, 0.2) is 6.20 Å². The molecule has 24 heavy (non-hydrogen) atoms. The molecule has 0 radical (unpaired) electrons. The molecule has 3 heterocycles. The Morgan fingerprint density at radius 2 is 2.21 bits per heavy atom. The van der Waals surface area contributed by atoms with E-state index in [1.54, 1.807) is 0 Å². The number of ether oxygens (including phenoxy) is 1. The van der Waals surface area contributed by atoms with E-state index < -0.39 is 0 Å². The van der Waals surface area contributed by atoms with E-state index in [-0.39, 0.29) is 12.0 Å². The molecule has 6 heteroatoms. The summed E-state index contributed by atoms with van der Waals surface area (Å²) in [5, 5.41) is 0. The molecule has 130 valence electrons. The van der Waals surface area contributed by atoms with Gasteiger partial charge in [-0.05, 0) is 31.7 Å². The van der Waals surface area contributed by atoms with Crippen LogP contribution in [0.1, 0.15) is 42.8 Å². The summed E-state index contributed by atoms with van der Waals surface area (Å²) in [6.07, 6.45) is 7.75. The molecule has 6 nitrogen and oxygen atoms in total. The number of hydrogen-bond donors (Lipinski definition) is 0. The number of amides is 1. The summed E-state index contributed by atoms with van der Waals surface area (Å²) in [6, 6.07) is 0.293. The van der Waals surface area contributed by atoms with E-state index in [4.69, 9.17) is 4.74 Å². The molecule has 0 N–H and O–H groups in total. The van der Waals surface area contributed by atoms with Crippen molar-refractivity contribution < 1.29 is 9.53 Å². The fourth-order valence-corrected chi connectivity index (χ4v) is 4.28. The van der Waals surface area contributed by atoms with Gasteiger partial charge in [-0.2, -0.15) is 0 Å². The van der Waals surface area contributed by atoms with Crippen molar-refractivity contribution in [1.82, 2.24) is 19.8 Å². The molecule has 1 amide bonds. The van der Waals surface area contributed by atoms with Crippen LogP contribution in [0, 0.1) is 6.92 Å². The lowest BCUT2D eigenvalue weighted by molar-refractivity contribution is -0.150. The number of nitrogens with zero attached hydrogens (tertiary/aromatic N) is 4. The molecule has 1 aromatic rings. The molecule has 1 aliphatic carbocycles. The fraction of sp³-hybridized carbons (Fsp3) is 0.722. The van der Waals surface area contributed by atoms with E-state index in [0.29, 0.717) is 19.2 Å². The third-order valence-electron chi connectivity index (χ3n) is 5.56. The van der Waals surface area contributed by atoms with E-state index in [1.165, 1.54) is 18.4 Å². The topological polar surface area (TPSA) is 58.6 Å². The van der Waals surface area contributed by atoms with Crippen molar-refractivity contribution in [2.24, 2.45) is 0 Å². The molecule has 1 aromatic heterocycles. The number of carbonyl (C=O) groups is 1. The molecule has 2 aliphatic heterocycles. The van der Waals surface area contributed by atoms with Crippen molar-refractivity contribution in [3.8, 4) is 0 Å². The second-order valence-corrected chi connectivity index (χ2v) is 7.20. The maximum Gasteiger partial charge on any atom is 0.237 e. The zero-order valence-electron chi connectivity index (χ0n) is 14.4. The van der Waals surface area contributed by atoms with Crippen LogP contribution in [0.5, 0.6) is 0 Å². The van der Waals surface area contributed by atoms with Gasteiger partial charge in [0.25, 0.3) is 0 Å². The molecule has 1 saturated carbocycles. The SMILES string of the molecule is Cc1ncc2c(n1)CN(CC(=O)N1CCO[C@@H]3CCCC[C@H]31)CC2. The highest BCUT2D eigenvalue weighted by atomic mass is 16.5. The largest absolute Gasteiger partial charge is 0.374 e. The number of hydrogen-bond acceptors (Lipinski definition) is 5. The van der Waals surface area contributed by atoms with Crippen LogP contribution in [-0.4, -0.2) is 64.1 Å². The van der Waals surface area contributed by atoms with Crippen molar-refractivity contribution in [3.05, 3.63) is 23.3 Å². The molecule has 3 aliphatic rings. The molecule has 2 atom stereocenters. The van der Waals surface area contributed by atoms with Crippen LogP contribution < -0.4 is 0 Å². The van der Waals surface area contributed by atoms with Gasteiger partial charge in [-0.15, -0.1) is 0 Å². The maximum atomic E-state index is 12.9.